The van der Waals surface area contributed by atoms with E-state index in [9.17, 15) is 9.59 Å². The van der Waals surface area contributed by atoms with Crippen molar-refractivity contribution in [2.75, 3.05) is 57.4 Å². The normalized spacial score (nSPS) is 13.7. The lowest BCUT2D eigenvalue weighted by Gasteiger charge is -2.21. The van der Waals surface area contributed by atoms with E-state index in [1.807, 2.05) is 55.4 Å². The molecule has 2 aromatic heterocycles. The smallest absolute Gasteiger partial charge is 0.348 e. The van der Waals surface area contributed by atoms with Crippen molar-refractivity contribution in [3.8, 4) is 17.0 Å². The lowest BCUT2D eigenvalue weighted by Crippen LogP contribution is -2.36. The highest BCUT2D eigenvalue weighted by molar-refractivity contribution is 8.00. The zero-order valence-electron chi connectivity index (χ0n) is 22.2. The van der Waals surface area contributed by atoms with Crippen molar-refractivity contribution in [2.45, 2.75) is 30.4 Å². The van der Waals surface area contributed by atoms with E-state index in [2.05, 4.69) is 10.3 Å². The second kappa shape index (κ2) is 10.9. The fraction of sp³-hybridized carbons (Fsp3) is 0.407. The van der Waals surface area contributed by atoms with E-state index < -0.39 is 0 Å². The molecule has 1 amide bonds. The molecule has 38 heavy (non-hydrogen) atoms. The molecule has 0 fully saturated rings. The Bertz CT molecular complexity index is 1400. The lowest BCUT2D eigenvalue weighted by atomic mass is 9.91. The number of hydrogen-bond acceptors (Lipinski definition) is 10. The number of nitrogens with one attached hydrogen (secondary N) is 1. The van der Waals surface area contributed by atoms with Crippen LogP contribution in [0, 0.1) is 0 Å². The molecule has 1 aliphatic carbocycles. The van der Waals surface area contributed by atoms with Gasteiger partial charge in [0, 0.05) is 24.0 Å². The van der Waals surface area contributed by atoms with E-state index in [0.29, 0.717) is 42.0 Å². The number of carbonyl (C=O) groups is 2. The number of thiophene rings is 1. The van der Waals surface area contributed by atoms with E-state index in [1.54, 1.807) is 18.9 Å². The van der Waals surface area contributed by atoms with Gasteiger partial charge in [0.2, 0.25) is 11.9 Å². The first-order valence-corrected chi connectivity index (χ1v) is 14.5. The molecule has 3 aromatic rings. The van der Waals surface area contributed by atoms with Crippen LogP contribution in [-0.4, -0.2) is 73.9 Å². The van der Waals surface area contributed by atoms with E-state index in [-0.39, 0.29) is 11.9 Å². The minimum absolute atomic E-state index is 0.0573. The average molecular weight is 554 g/mol. The summed E-state index contributed by atoms with van der Waals surface area (Å²) in [5.74, 6) is 0.871. The quantitative estimate of drug-likeness (QED) is 0.321. The largest absolute Gasteiger partial charge is 0.495 e. The second-order valence-corrected chi connectivity index (χ2v) is 11.5. The Balaban J connectivity index is 1.51. The Morgan fingerprint density at radius 2 is 2.03 bits per heavy atom. The SMILES string of the molecule is CCOC(=O)c1sc(SC)c2c1CCc1cnc(Nc3cc4c(cc3OC)CCN4C(=O)CN(C)C)nc1-2. The third-order valence-corrected chi connectivity index (χ3v) is 8.99. The molecule has 0 saturated heterocycles. The van der Waals surface area contributed by atoms with Crippen LogP contribution >= 0.6 is 23.1 Å². The van der Waals surface area contributed by atoms with Gasteiger partial charge >= 0.3 is 5.97 Å². The highest BCUT2D eigenvalue weighted by Gasteiger charge is 2.31. The van der Waals surface area contributed by atoms with E-state index in [1.165, 1.54) is 11.3 Å². The summed E-state index contributed by atoms with van der Waals surface area (Å²) in [5.41, 5.74) is 6.52. The summed E-state index contributed by atoms with van der Waals surface area (Å²) in [7, 11) is 5.41. The van der Waals surface area contributed by atoms with Gasteiger partial charge in [-0.15, -0.1) is 23.1 Å². The van der Waals surface area contributed by atoms with Crippen LogP contribution in [0.15, 0.2) is 22.5 Å². The Labute approximate surface area is 230 Å². The number of likely N-dealkylation sites (N-methyl/N-ethyl adjacent to an activating group) is 1. The van der Waals surface area contributed by atoms with Crippen molar-refractivity contribution in [1.82, 2.24) is 14.9 Å². The number of amides is 1. The van der Waals surface area contributed by atoms with Crippen molar-refractivity contribution < 1.29 is 19.1 Å². The minimum atomic E-state index is -0.277. The van der Waals surface area contributed by atoms with Crippen LogP contribution < -0.4 is 15.0 Å². The molecular weight excluding hydrogens is 522 g/mol. The number of anilines is 3. The summed E-state index contributed by atoms with van der Waals surface area (Å²) in [6.45, 7) is 3.15. The van der Waals surface area contributed by atoms with Gasteiger partial charge in [-0.3, -0.25) is 4.79 Å². The zero-order chi connectivity index (χ0) is 27.0. The van der Waals surface area contributed by atoms with Gasteiger partial charge in [0.25, 0.3) is 0 Å². The molecule has 0 bridgehead atoms. The van der Waals surface area contributed by atoms with E-state index in [0.717, 1.165) is 57.1 Å². The lowest BCUT2D eigenvalue weighted by molar-refractivity contribution is -0.119. The third-order valence-electron chi connectivity index (χ3n) is 6.66. The van der Waals surface area contributed by atoms with Crippen LogP contribution in [0.5, 0.6) is 5.75 Å². The zero-order valence-corrected chi connectivity index (χ0v) is 23.8. The number of hydrogen-bond donors (Lipinski definition) is 1. The molecule has 1 aromatic carbocycles. The first kappa shape index (κ1) is 26.5. The molecule has 0 atom stereocenters. The van der Waals surface area contributed by atoms with E-state index >= 15 is 0 Å². The summed E-state index contributed by atoms with van der Waals surface area (Å²) in [6.07, 6.45) is 6.14. The molecule has 0 spiro atoms. The molecule has 1 N–H and O–H groups in total. The number of ether oxygens (including phenoxy) is 2. The molecule has 0 radical (unpaired) electrons. The fourth-order valence-electron chi connectivity index (χ4n) is 4.97. The molecule has 0 unspecified atom stereocenters. The fourth-order valence-corrected chi connectivity index (χ4v) is 6.95. The maximum absolute atomic E-state index is 12.8. The molecule has 11 heteroatoms. The van der Waals surface area contributed by atoms with Gasteiger partial charge in [0.05, 0.1) is 35.9 Å². The Morgan fingerprint density at radius 1 is 1.21 bits per heavy atom. The Hall–Kier alpha value is -3.15. The minimum Gasteiger partial charge on any atom is -0.495 e. The number of methoxy groups -OCH3 is 1. The molecule has 2 aliphatic rings. The number of nitrogens with zero attached hydrogens (tertiary/aromatic N) is 4. The predicted molar refractivity (Wildman–Crippen MR) is 151 cm³/mol. The number of thioether (sulfide) groups is 1. The van der Waals surface area contributed by atoms with Gasteiger partial charge in [-0.1, -0.05) is 0 Å². The van der Waals surface area contributed by atoms with Crippen molar-refractivity contribution in [3.05, 3.63) is 39.9 Å². The highest BCUT2D eigenvalue weighted by Crippen LogP contribution is 2.46. The first-order chi connectivity index (χ1) is 18.3. The Kier molecular flexibility index (Phi) is 7.60. The topological polar surface area (TPSA) is 96.9 Å². The van der Waals surface area contributed by atoms with Gasteiger partial charge in [0.1, 0.15) is 10.6 Å². The Morgan fingerprint density at radius 3 is 2.74 bits per heavy atom. The van der Waals surface area contributed by atoms with Crippen LogP contribution in [0.25, 0.3) is 11.3 Å². The maximum atomic E-state index is 12.8. The van der Waals surface area contributed by atoms with Crippen LogP contribution in [0.3, 0.4) is 0 Å². The van der Waals surface area contributed by atoms with Crippen molar-refractivity contribution >= 4 is 52.3 Å². The van der Waals surface area contributed by atoms with Gasteiger partial charge in [0.15, 0.2) is 0 Å². The molecule has 200 valence electrons. The molecule has 3 heterocycles. The average Bonchev–Trinajstić information content (AvgIpc) is 3.49. The molecular formula is C27H31N5O4S2. The summed E-state index contributed by atoms with van der Waals surface area (Å²) in [4.78, 5) is 39.4. The number of benzene rings is 1. The van der Waals surface area contributed by atoms with Crippen LogP contribution in [-0.2, 0) is 28.8 Å². The van der Waals surface area contributed by atoms with Crippen molar-refractivity contribution in [3.63, 3.8) is 0 Å². The summed E-state index contributed by atoms with van der Waals surface area (Å²) in [5, 5.41) is 3.33. The number of aryl methyl sites for hydroxylation is 1. The van der Waals surface area contributed by atoms with Gasteiger partial charge in [-0.25, -0.2) is 14.8 Å². The standard InChI is InChI=1S/C27H31N5O4S2/c1-6-36-25(34)24-17-8-7-16-13-28-27(30-23(16)22(17)26(37-5)38-24)29-18-12-19-15(11-20(18)35-4)9-10-32(19)21(33)14-31(2)3/h11-13H,6-10,14H2,1-5H3,(H,28,29,30). The predicted octanol–water partition coefficient (Wildman–Crippen LogP) is 4.41. The number of fused-ring (bicyclic) bond motifs is 4. The van der Waals surface area contributed by atoms with Crippen LogP contribution in [0.1, 0.15) is 33.3 Å². The van der Waals surface area contributed by atoms with Crippen LogP contribution in [0.4, 0.5) is 17.3 Å². The molecule has 9 nitrogen and oxygen atoms in total. The maximum Gasteiger partial charge on any atom is 0.348 e. The second-order valence-electron chi connectivity index (χ2n) is 9.40. The summed E-state index contributed by atoms with van der Waals surface area (Å²) in [6, 6.07) is 3.92. The summed E-state index contributed by atoms with van der Waals surface area (Å²) >= 11 is 3.08. The van der Waals surface area contributed by atoms with Crippen molar-refractivity contribution in [1.29, 1.82) is 0 Å². The van der Waals surface area contributed by atoms with Gasteiger partial charge < -0.3 is 24.6 Å². The summed E-state index contributed by atoms with van der Waals surface area (Å²) < 4.78 is 12.0. The monoisotopic (exact) mass is 553 g/mol. The number of aromatic nitrogens is 2. The van der Waals surface area contributed by atoms with E-state index in [4.69, 9.17) is 14.5 Å². The van der Waals surface area contributed by atoms with Gasteiger partial charge in [-0.2, -0.15) is 0 Å². The number of carbonyl (C=O) groups excluding carboxylic acids is 2. The molecule has 5 rings (SSSR count). The van der Waals surface area contributed by atoms with Crippen LogP contribution in [0.2, 0.25) is 0 Å². The van der Waals surface area contributed by atoms with Gasteiger partial charge in [-0.05, 0) is 75.4 Å². The third kappa shape index (κ3) is 4.85. The first-order valence-electron chi connectivity index (χ1n) is 12.5. The molecule has 1 aliphatic heterocycles. The number of rotatable bonds is 8. The number of esters is 1. The molecule has 0 saturated carbocycles. The van der Waals surface area contributed by atoms with Crippen molar-refractivity contribution in [2.24, 2.45) is 0 Å². The highest BCUT2D eigenvalue weighted by atomic mass is 32.2.